The van der Waals surface area contributed by atoms with E-state index in [1.807, 2.05) is 13.8 Å². The number of hydrogen-bond donors (Lipinski definition) is 0. The highest BCUT2D eigenvalue weighted by Gasteiger charge is 2.26. The van der Waals surface area contributed by atoms with E-state index in [1.54, 1.807) is 11.4 Å². The van der Waals surface area contributed by atoms with Gasteiger partial charge in [-0.2, -0.15) is 4.31 Å². The molecule has 0 aliphatic heterocycles. The number of thiophene rings is 1. The van der Waals surface area contributed by atoms with Crippen LogP contribution < -0.4 is 0 Å². The van der Waals surface area contributed by atoms with Crippen molar-refractivity contribution < 1.29 is 13.2 Å². The summed E-state index contributed by atoms with van der Waals surface area (Å²) in [5.41, 5.74) is 0. The van der Waals surface area contributed by atoms with Crippen molar-refractivity contribution in [2.75, 3.05) is 26.3 Å². The molecule has 0 aliphatic carbocycles. The number of rotatable bonds is 7. The zero-order valence-electron chi connectivity index (χ0n) is 9.85. The number of likely N-dealkylation sites (N-methyl/N-ethyl adjacent to an activating group) is 1. The SMILES string of the molecule is CCOCCN(CC)S(=O)(=O)c1sccc1Br. The van der Waals surface area contributed by atoms with E-state index in [0.29, 0.717) is 35.0 Å². The van der Waals surface area contributed by atoms with Gasteiger partial charge in [0.25, 0.3) is 10.0 Å². The maximum absolute atomic E-state index is 12.3. The van der Waals surface area contributed by atoms with Gasteiger partial charge >= 0.3 is 0 Å². The standard InChI is InChI=1S/C10H16BrNO3S2/c1-3-12(6-7-15-4-2)17(13,14)10-9(11)5-8-16-10/h5,8H,3-4,6-7H2,1-2H3. The number of sulfonamides is 1. The van der Waals surface area contributed by atoms with Crippen LogP contribution in [0.2, 0.25) is 0 Å². The summed E-state index contributed by atoms with van der Waals surface area (Å²) in [5, 5.41) is 1.76. The summed E-state index contributed by atoms with van der Waals surface area (Å²) >= 11 is 4.48. The molecule has 0 aliphatic rings. The summed E-state index contributed by atoms with van der Waals surface area (Å²) in [6.45, 7) is 5.56. The highest BCUT2D eigenvalue weighted by molar-refractivity contribution is 9.10. The fourth-order valence-corrected chi connectivity index (χ4v) is 5.22. The minimum Gasteiger partial charge on any atom is -0.380 e. The van der Waals surface area contributed by atoms with E-state index in [1.165, 1.54) is 15.6 Å². The fourth-order valence-electron chi connectivity index (χ4n) is 1.34. The number of ether oxygens (including phenoxy) is 1. The van der Waals surface area contributed by atoms with Crippen LogP contribution in [0.3, 0.4) is 0 Å². The normalized spacial score (nSPS) is 12.2. The molecule has 0 unspecified atom stereocenters. The Labute approximate surface area is 115 Å². The summed E-state index contributed by atoms with van der Waals surface area (Å²) in [6, 6.07) is 1.74. The van der Waals surface area contributed by atoms with Crippen molar-refractivity contribution in [2.45, 2.75) is 18.1 Å². The molecule has 1 aromatic heterocycles. The fraction of sp³-hybridized carbons (Fsp3) is 0.600. The second-order valence-electron chi connectivity index (χ2n) is 3.25. The van der Waals surface area contributed by atoms with E-state index in [2.05, 4.69) is 15.9 Å². The zero-order valence-corrected chi connectivity index (χ0v) is 13.1. The molecule has 1 heterocycles. The first kappa shape index (κ1) is 15.1. The first-order valence-electron chi connectivity index (χ1n) is 5.34. The molecule has 17 heavy (non-hydrogen) atoms. The third-order valence-electron chi connectivity index (χ3n) is 2.20. The molecule has 0 bridgehead atoms. The second kappa shape index (κ2) is 6.84. The molecule has 0 N–H and O–H groups in total. The van der Waals surface area contributed by atoms with Crippen LogP contribution in [0, 0.1) is 0 Å². The van der Waals surface area contributed by atoms with Gasteiger partial charge in [0.1, 0.15) is 4.21 Å². The summed E-state index contributed by atoms with van der Waals surface area (Å²) < 4.78 is 32.2. The smallest absolute Gasteiger partial charge is 0.253 e. The largest absolute Gasteiger partial charge is 0.380 e. The molecule has 0 saturated carbocycles. The molecule has 7 heteroatoms. The quantitative estimate of drug-likeness (QED) is 0.716. The Morgan fingerprint density at radius 2 is 2.18 bits per heavy atom. The topological polar surface area (TPSA) is 46.6 Å². The Hall–Kier alpha value is 0.0500. The minimum absolute atomic E-state index is 0.357. The Bertz CT molecular complexity index is 444. The molecular formula is C10H16BrNO3S2. The molecule has 1 aromatic rings. The molecule has 0 saturated heterocycles. The van der Waals surface area contributed by atoms with Crippen molar-refractivity contribution in [3.63, 3.8) is 0 Å². The van der Waals surface area contributed by atoms with Crippen LogP contribution in [0.1, 0.15) is 13.8 Å². The van der Waals surface area contributed by atoms with Crippen LogP contribution >= 0.6 is 27.3 Å². The van der Waals surface area contributed by atoms with Gasteiger partial charge in [0.2, 0.25) is 0 Å². The molecule has 0 fully saturated rings. The first-order valence-corrected chi connectivity index (χ1v) is 8.46. The van der Waals surface area contributed by atoms with Crippen molar-refractivity contribution in [1.29, 1.82) is 0 Å². The third kappa shape index (κ3) is 3.75. The molecule has 0 amide bonds. The van der Waals surface area contributed by atoms with Crippen molar-refractivity contribution >= 4 is 37.3 Å². The van der Waals surface area contributed by atoms with Gasteiger partial charge in [-0.1, -0.05) is 6.92 Å². The van der Waals surface area contributed by atoms with Crippen LogP contribution in [0.15, 0.2) is 20.1 Å². The van der Waals surface area contributed by atoms with E-state index >= 15 is 0 Å². The average molecular weight is 342 g/mol. The van der Waals surface area contributed by atoms with Crippen molar-refractivity contribution in [1.82, 2.24) is 4.31 Å². The Balaban J connectivity index is 2.84. The maximum atomic E-state index is 12.3. The van der Waals surface area contributed by atoms with E-state index in [0.717, 1.165) is 0 Å². The van der Waals surface area contributed by atoms with Crippen molar-refractivity contribution in [2.24, 2.45) is 0 Å². The zero-order chi connectivity index (χ0) is 12.9. The average Bonchev–Trinajstić information content (AvgIpc) is 2.71. The molecule has 0 atom stereocenters. The van der Waals surface area contributed by atoms with Gasteiger partial charge in [-0.3, -0.25) is 0 Å². The van der Waals surface area contributed by atoms with Crippen LogP contribution in [0.4, 0.5) is 0 Å². The molecule has 98 valence electrons. The van der Waals surface area contributed by atoms with Crippen molar-refractivity contribution in [3.05, 3.63) is 15.9 Å². The highest BCUT2D eigenvalue weighted by atomic mass is 79.9. The van der Waals surface area contributed by atoms with Crippen LogP contribution in [0.5, 0.6) is 0 Å². The molecule has 1 rings (SSSR count). The molecule has 4 nitrogen and oxygen atoms in total. The van der Waals surface area contributed by atoms with E-state index in [-0.39, 0.29) is 0 Å². The van der Waals surface area contributed by atoms with Gasteiger partial charge < -0.3 is 4.74 Å². The summed E-state index contributed by atoms with van der Waals surface area (Å²) in [5.74, 6) is 0. The van der Waals surface area contributed by atoms with Gasteiger partial charge in [-0.25, -0.2) is 8.42 Å². The summed E-state index contributed by atoms with van der Waals surface area (Å²) in [7, 11) is -3.39. The third-order valence-corrected chi connectivity index (χ3v) is 6.82. The van der Waals surface area contributed by atoms with Gasteiger partial charge in [0.05, 0.1) is 6.61 Å². The molecular weight excluding hydrogens is 326 g/mol. The predicted octanol–water partition coefficient (Wildman–Crippen LogP) is 2.56. The summed E-state index contributed by atoms with van der Waals surface area (Å²) in [6.07, 6.45) is 0. The second-order valence-corrected chi connectivity index (χ2v) is 7.15. The lowest BCUT2D eigenvalue weighted by Gasteiger charge is -2.19. The van der Waals surface area contributed by atoms with Gasteiger partial charge in [-0.05, 0) is 34.3 Å². The maximum Gasteiger partial charge on any atom is 0.253 e. The lowest BCUT2D eigenvalue weighted by molar-refractivity contribution is 0.135. The molecule has 0 aromatic carbocycles. The number of nitrogens with zero attached hydrogens (tertiary/aromatic N) is 1. The monoisotopic (exact) mass is 341 g/mol. The number of hydrogen-bond acceptors (Lipinski definition) is 4. The van der Waals surface area contributed by atoms with Gasteiger partial charge in [0.15, 0.2) is 0 Å². The van der Waals surface area contributed by atoms with Crippen LogP contribution in [-0.2, 0) is 14.8 Å². The molecule has 0 spiro atoms. The van der Waals surface area contributed by atoms with Crippen LogP contribution in [0.25, 0.3) is 0 Å². The van der Waals surface area contributed by atoms with Gasteiger partial charge in [-0.15, -0.1) is 11.3 Å². The first-order chi connectivity index (χ1) is 8.04. The van der Waals surface area contributed by atoms with Crippen LogP contribution in [-0.4, -0.2) is 39.0 Å². The lowest BCUT2D eigenvalue weighted by atomic mass is 10.6. The van der Waals surface area contributed by atoms with Gasteiger partial charge in [0, 0.05) is 24.2 Å². The predicted molar refractivity (Wildman–Crippen MR) is 72.9 cm³/mol. The molecule has 0 radical (unpaired) electrons. The van der Waals surface area contributed by atoms with Crippen molar-refractivity contribution in [3.8, 4) is 0 Å². The Morgan fingerprint density at radius 3 is 2.65 bits per heavy atom. The minimum atomic E-state index is -3.39. The van der Waals surface area contributed by atoms with E-state index in [9.17, 15) is 8.42 Å². The summed E-state index contributed by atoms with van der Waals surface area (Å²) in [4.78, 5) is 0. The Kier molecular flexibility index (Phi) is 6.08. The van der Waals surface area contributed by atoms with E-state index in [4.69, 9.17) is 4.74 Å². The highest BCUT2D eigenvalue weighted by Crippen LogP contribution is 2.30. The van der Waals surface area contributed by atoms with E-state index < -0.39 is 10.0 Å². The lowest BCUT2D eigenvalue weighted by Crippen LogP contribution is -2.33. The Morgan fingerprint density at radius 1 is 1.47 bits per heavy atom. The number of halogens is 1.